The van der Waals surface area contributed by atoms with E-state index in [9.17, 15) is 14.9 Å². The van der Waals surface area contributed by atoms with Crippen molar-refractivity contribution >= 4 is 28.1 Å². The summed E-state index contributed by atoms with van der Waals surface area (Å²) in [5.41, 5.74) is 1.56. The molecule has 2 aromatic rings. The number of rotatable bonds is 5. The number of aromatic nitrogens is 1. The van der Waals surface area contributed by atoms with E-state index in [1.807, 2.05) is 5.38 Å². The lowest BCUT2D eigenvalue weighted by atomic mass is 10.1. The van der Waals surface area contributed by atoms with Gasteiger partial charge in [-0.25, -0.2) is 4.98 Å². The van der Waals surface area contributed by atoms with Crippen molar-refractivity contribution in [3.05, 3.63) is 50.5 Å². The number of thiazole rings is 1. The molecule has 1 fully saturated rings. The van der Waals surface area contributed by atoms with Crippen LogP contribution in [0.1, 0.15) is 35.5 Å². The van der Waals surface area contributed by atoms with Gasteiger partial charge in [-0.05, 0) is 26.8 Å². The number of benzene rings is 1. The first-order chi connectivity index (χ1) is 12.8. The number of amides is 1. The van der Waals surface area contributed by atoms with E-state index >= 15 is 0 Å². The minimum absolute atomic E-state index is 0.0713. The molecule has 27 heavy (non-hydrogen) atoms. The molecule has 1 amide bonds. The van der Waals surface area contributed by atoms with Crippen LogP contribution in [0.5, 0.6) is 0 Å². The van der Waals surface area contributed by atoms with Crippen LogP contribution >= 0.6 is 11.3 Å². The van der Waals surface area contributed by atoms with Crippen molar-refractivity contribution in [2.75, 3.05) is 18.4 Å². The summed E-state index contributed by atoms with van der Waals surface area (Å²) in [6.07, 6.45) is 0.368. The zero-order valence-corrected chi connectivity index (χ0v) is 16.3. The Hall–Kier alpha value is -2.36. The van der Waals surface area contributed by atoms with Crippen LogP contribution in [-0.4, -0.2) is 46.0 Å². The molecule has 0 radical (unpaired) electrons. The van der Waals surface area contributed by atoms with Gasteiger partial charge in [0.1, 0.15) is 0 Å². The molecular weight excluding hydrogens is 368 g/mol. The Morgan fingerprint density at radius 1 is 1.41 bits per heavy atom. The van der Waals surface area contributed by atoms with E-state index in [-0.39, 0.29) is 23.5 Å². The summed E-state index contributed by atoms with van der Waals surface area (Å²) in [5, 5.41) is 16.2. The second-order valence-electron chi connectivity index (χ2n) is 6.81. The molecule has 144 valence electrons. The highest BCUT2D eigenvalue weighted by Crippen LogP contribution is 2.22. The summed E-state index contributed by atoms with van der Waals surface area (Å²) < 4.78 is 5.73. The van der Waals surface area contributed by atoms with Gasteiger partial charge in [0.2, 0.25) is 0 Å². The molecule has 1 aliphatic heterocycles. The Labute approximate surface area is 161 Å². The van der Waals surface area contributed by atoms with Gasteiger partial charge in [-0.3, -0.25) is 25.1 Å². The van der Waals surface area contributed by atoms with Gasteiger partial charge in [0.05, 0.1) is 22.8 Å². The number of nitrogens with zero attached hydrogens (tertiary/aromatic N) is 3. The molecule has 1 N–H and O–H groups in total. The largest absolute Gasteiger partial charge is 0.373 e. The van der Waals surface area contributed by atoms with Crippen LogP contribution < -0.4 is 5.32 Å². The molecule has 1 aromatic carbocycles. The average Bonchev–Trinajstić information content (AvgIpc) is 3.00. The molecule has 0 saturated carbocycles. The summed E-state index contributed by atoms with van der Waals surface area (Å²) >= 11 is 1.34. The minimum atomic E-state index is -0.488. The number of hydrogen-bond donors (Lipinski definition) is 1. The second kappa shape index (κ2) is 8.12. The molecule has 1 saturated heterocycles. The van der Waals surface area contributed by atoms with E-state index in [0.29, 0.717) is 17.2 Å². The summed E-state index contributed by atoms with van der Waals surface area (Å²) in [6, 6.07) is 4.43. The van der Waals surface area contributed by atoms with E-state index < -0.39 is 10.8 Å². The highest BCUT2D eigenvalue weighted by atomic mass is 32.1. The topological polar surface area (TPSA) is 97.6 Å². The smallest absolute Gasteiger partial charge is 0.273 e. The zero-order chi connectivity index (χ0) is 19.6. The molecule has 3 rings (SSSR count). The van der Waals surface area contributed by atoms with Crippen molar-refractivity contribution in [1.82, 2.24) is 9.88 Å². The number of morpholine rings is 1. The fraction of sp³-hybridized carbons (Fsp3) is 0.444. The summed E-state index contributed by atoms with van der Waals surface area (Å²) in [6.45, 7) is 8.13. The van der Waals surface area contributed by atoms with Crippen LogP contribution in [-0.2, 0) is 11.3 Å². The molecule has 1 aromatic heterocycles. The fourth-order valence-corrected chi connectivity index (χ4v) is 3.89. The molecule has 0 spiro atoms. The van der Waals surface area contributed by atoms with Crippen LogP contribution in [0.2, 0.25) is 0 Å². The number of hydrogen-bond acceptors (Lipinski definition) is 7. The van der Waals surface area contributed by atoms with Crippen LogP contribution in [0.4, 0.5) is 10.8 Å². The third kappa shape index (κ3) is 4.88. The van der Waals surface area contributed by atoms with Crippen molar-refractivity contribution in [1.29, 1.82) is 0 Å². The normalized spacial score (nSPS) is 20.4. The number of aryl methyl sites for hydroxylation is 1. The maximum Gasteiger partial charge on any atom is 0.273 e. The predicted octanol–water partition coefficient (Wildman–Crippen LogP) is 3.22. The summed E-state index contributed by atoms with van der Waals surface area (Å²) in [5.74, 6) is -0.410. The van der Waals surface area contributed by atoms with Crippen molar-refractivity contribution in [3.8, 4) is 0 Å². The van der Waals surface area contributed by atoms with Crippen molar-refractivity contribution in [2.45, 2.75) is 39.5 Å². The molecule has 8 nitrogen and oxygen atoms in total. The lowest BCUT2D eigenvalue weighted by Gasteiger charge is -2.34. The van der Waals surface area contributed by atoms with Gasteiger partial charge in [0.25, 0.3) is 11.6 Å². The van der Waals surface area contributed by atoms with Crippen LogP contribution in [0.3, 0.4) is 0 Å². The standard InChI is InChI=1S/C18H22N4O4S/c1-11-4-5-14(6-16(11)22(24)25)17(23)20-18-19-15(10-27-18)9-21-7-12(2)26-13(3)8-21/h4-6,10,12-13H,7-9H2,1-3H3,(H,19,20,23)/t12-,13+. The number of anilines is 1. The van der Waals surface area contributed by atoms with E-state index in [2.05, 4.69) is 29.0 Å². The molecular formula is C18H22N4O4S. The Balaban J connectivity index is 1.64. The summed E-state index contributed by atoms with van der Waals surface area (Å²) in [7, 11) is 0. The maximum absolute atomic E-state index is 12.4. The lowest BCUT2D eigenvalue weighted by Crippen LogP contribution is -2.44. The van der Waals surface area contributed by atoms with Gasteiger partial charge >= 0.3 is 0 Å². The van der Waals surface area contributed by atoms with Gasteiger partial charge in [-0.2, -0.15) is 0 Å². The first-order valence-corrected chi connectivity index (χ1v) is 9.58. The van der Waals surface area contributed by atoms with E-state index in [0.717, 1.165) is 18.8 Å². The van der Waals surface area contributed by atoms with Gasteiger partial charge in [0, 0.05) is 42.2 Å². The first kappa shape index (κ1) is 19.4. The van der Waals surface area contributed by atoms with Crippen molar-refractivity contribution in [3.63, 3.8) is 0 Å². The SMILES string of the molecule is Cc1ccc(C(=O)Nc2nc(CN3C[C@@H](C)O[C@@H](C)C3)cs2)cc1[N+](=O)[O-]. The number of carbonyl (C=O) groups is 1. The Morgan fingerprint density at radius 3 is 2.78 bits per heavy atom. The molecule has 1 aliphatic rings. The molecule has 2 heterocycles. The number of nitrogens with one attached hydrogen (secondary N) is 1. The van der Waals surface area contributed by atoms with Crippen molar-refractivity contribution < 1.29 is 14.5 Å². The minimum Gasteiger partial charge on any atom is -0.373 e. The highest BCUT2D eigenvalue weighted by molar-refractivity contribution is 7.13. The van der Waals surface area contributed by atoms with Gasteiger partial charge in [-0.1, -0.05) is 6.07 Å². The number of ether oxygens (including phenoxy) is 1. The maximum atomic E-state index is 12.4. The summed E-state index contributed by atoms with van der Waals surface area (Å²) in [4.78, 5) is 29.7. The van der Waals surface area contributed by atoms with Crippen molar-refractivity contribution in [2.24, 2.45) is 0 Å². The van der Waals surface area contributed by atoms with Gasteiger partial charge < -0.3 is 4.74 Å². The third-order valence-electron chi connectivity index (χ3n) is 4.32. The molecule has 0 bridgehead atoms. The van der Waals surface area contributed by atoms with Crippen LogP contribution in [0.25, 0.3) is 0 Å². The lowest BCUT2D eigenvalue weighted by molar-refractivity contribution is -0.385. The van der Waals surface area contributed by atoms with E-state index in [4.69, 9.17) is 4.74 Å². The number of carbonyl (C=O) groups excluding carboxylic acids is 1. The highest BCUT2D eigenvalue weighted by Gasteiger charge is 2.23. The average molecular weight is 390 g/mol. The molecule has 9 heteroatoms. The Bertz CT molecular complexity index is 844. The van der Waals surface area contributed by atoms with Gasteiger partial charge in [0.15, 0.2) is 5.13 Å². The fourth-order valence-electron chi connectivity index (χ4n) is 3.20. The molecule has 2 atom stereocenters. The number of nitro benzene ring substituents is 1. The van der Waals surface area contributed by atoms with Gasteiger partial charge in [-0.15, -0.1) is 11.3 Å². The van der Waals surface area contributed by atoms with E-state index in [1.54, 1.807) is 19.1 Å². The monoisotopic (exact) mass is 390 g/mol. The Morgan fingerprint density at radius 2 is 2.11 bits per heavy atom. The quantitative estimate of drug-likeness (QED) is 0.622. The predicted molar refractivity (Wildman–Crippen MR) is 103 cm³/mol. The molecule has 0 unspecified atom stereocenters. The molecule has 0 aliphatic carbocycles. The van der Waals surface area contributed by atoms with E-state index in [1.165, 1.54) is 17.4 Å². The Kier molecular flexibility index (Phi) is 5.83. The zero-order valence-electron chi connectivity index (χ0n) is 15.5. The first-order valence-electron chi connectivity index (χ1n) is 8.70. The van der Waals surface area contributed by atoms with Crippen LogP contribution in [0.15, 0.2) is 23.6 Å². The third-order valence-corrected chi connectivity index (χ3v) is 5.13. The number of nitro groups is 1. The van der Waals surface area contributed by atoms with Crippen LogP contribution in [0, 0.1) is 17.0 Å². The second-order valence-corrected chi connectivity index (χ2v) is 7.67.